The molecule has 1 unspecified atom stereocenters. The molecule has 0 aliphatic carbocycles. The average molecular weight is 294 g/mol. The van der Waals surface area contributed by atoms with Gasteiger partial charge >= 0.3 is 5.97 Å². The fourth-order valence-electron chi connectivity index (χ4n) is 2.22. The van der Waals surface area contributed by atoms with Gasteiger partial charge in [-0.05, 0) is 25.3 Å². The molecule has 1 aromatic rings. The number of carbonyl (C=O) groups is 1. The maximum Gasteiger partial charge on any atom is 0.336 e. The van der Waals surface area contributed by atoms with E-state index in [1.165, 1.54) is 0 Å². The zero-order chi connectivity index (χ0) is 15.9. The van der Waals surface area contributed by atoms with Crippen LogP contribution in [0.1, 0.15) is 45.6 Å². The Balaban J connectivity index is 3.33. The second-order valence-corrected chi connectivity index (χ2v) is 4.84. The SMILES string of the molecule is CCC/C(C(=O)OCC)=C(\F)C(O)(CC)c1ccccc1. The van der Waals surface area contributed by atoms with E-state index in [4.69, 9.17) is 4.74 Å². The van der Waals surface area contributed by atoms with Gasteiger partial charge in [-0.2, -0.15) is 0 Å². The van der Waals surface area contributed by atoms with Crippen LogP contribution < -0.4 is 0 Å². The van der Waals surface area contributed by atoms with Crippen LogP contribution in [-0.4, -0.2) is 17.7 Å². The van der Waals surface area contributed by atoms with Crippen LogP contribution >= 0.6 is 0 Å². The van der Waals surface area contributed by atoms with Crippen LogP contribution in [0.15, 0.2) is 41.7 Å². The van der Waals surface area contributed by atoms with Crippen molar-refractivity contribution in [3.05, 3.63) is 47.3 Å². The molecule has 3 nitrogen and oxygen atoms in total. The van der Waals surface area contributed by atoms with E-state index in [1.54, 1.807) is 44.2 Å². The summed E-state index contributed by atoms with van der Waals surface area (Å²) in [7, 11) is 0. The first-order chi connectivity index (χ1) is 10.0. The normalized spacial score (nSPS) is 15.1. The summed E-state index contributed by atoms with van der Waals surface area (Å²) in [4.78, 5) is 11.9. The highest BCUT2D eigenvalue weighted by atomic mass is 19.1. The van der Waals surface area contributed by atoms with Gasteiger partial charge in [0, 0.05) is 0 Å². The van der Waals surface area contributed by atoms with Crippen LogP contribution in [-0.2, 0) is 15.1 Å². The largest absolute Gasteiger partial charge is 0.463 e. The van der Waals surface area contributed by atoms with Gasteiger partial charge in [0.2, 0.25) is 0 Å². The van der Waals surface area contributed by atoms with Crippen molar-refractivity contribution in [2.24, 2.45) is 0 Å². The summed E-state index contributed by atoms with van der Waals surface area (Å²) in [6.07, 6.45) is 0.964. The van der Waals surface area contributed by atoms with E-state index < -0.39 is 17.4 Å². The van der Waals surface area contributed by atoms with E-state index in [0.29, 0.717) is 12.0 Å². The van der Waals surface area contributed by atoms with Crippen molar-refractivity contribution in [3.63, 3.8) is 0 Å². The molecule has 0 spiro atoms. The van der Waals surface area contributed by atoms with E-state index in [1.807, 2.05) is 6.92 Å². The van der Waals surface area contributed by atoms with Crippen molar-refractivity contribution in [1.29, 1.82) is 0 Å². The molecule has 21 heavy (non-hydrogen) atoms. The standard InChI is InChI=1S/C17H23FO3/c1-4-10-14(16(19)21-6-3)15(18)17(20,5-2)13-11-8-7-9-12-13/h7-9,11-12,20H,4-6,10H2,1-3H3/b15-14+. The lowest BCUT2D eigenvalue weighted by Gasteiger charge is -2.27. The fourth-order valence-corrected chi connectivity index (χ4v) is 2.22. The average Bonchev–Trinajstić information content (AvgIpc) is 2.52. The number of hydrogen-bond donors (Lipinski definition) is 1. The van der Waals surface area contributed by atoms with Crippen molar-refractivity contribution in [3.8, 4) is 0 Å². The molecular weight excluding hydrogens is 271 g/mol. The molecule has 1 N–H and O–H groups in total. The molecule has 4 heteroatoms. The summed E-state index contributed by atoms with van der Waals surface area (Å²) < 4.78 is 19.8. The first-order valence-corrected chi connectivity index (χ1v) is 7.35. The fraction of sp³-hybridized carbons (Fsp3) is 0.471. The van der Waals surface area contributed by atoms with E-state index in [9.17, 15) is 14.3 Å². The molecule has 0 saturated heterocycles. The van der Waals surface area contributed by atoms with Gasteiger partial charge in [-0.3, -0.25) is 0 Å². The van der Waals surface area contributed by atoms with Gasteiger partial charge in [0.05, 0.1) is 12.2 Å². The van der Waals surface area contributed by atoms with Crippen molar-refractivity contribution in [2.45, 2.75) is 45.6 Å². The lowest BCUT2D eigenvalue weighted by Crippen LogP contribution is -2.28. The molecule has 0 saturated carbocycles. The number of aliphatic hydroxyl groups is 1. The number of halogens is 1. The third-order valence-electron chi connectivity index (χ3n) is 3.41. The molecule has 0 fully saturated rings. The molecule has 0 radical (unpaired) electrons. The first kappa shape index (κ1) is 17.4. The molecule has 1 rings (SSSR count). The van der Waals surface area contributed by atoms with Crippen molar-refractivity contribution < 1.29 is 19.0 Å². The Kier molecular flexibility index (Phi) is 6.56. The molecule has 1 atom stereocenters. The summed E-state index contributed by atoms with van der Waals surface area (Å²) in [5.41, 5.74) is -1.44. The third kappa shape index (κ3) is 3.91. The minimum atomic E-state index is -1.79. The highest BCUT2D eigenvalue weighted by Gasteiger charge is 2.36. The Labute approximate surface area is 125 Å². The quantitative estimate of drug-likeness (QED) is 0.613. The van der Waals surface area contributed by atoms with E-state index >= 15 is 0 Å². The van der Waals surface area contributed by atoms with Crippen LogP contribution in [0.4, 0.5) is 4.39 Å². The first-order valence-electron chi connectivity index (χ1n) is 7.35. The number of benzene rings is 1. The smallest absolute Gasteiger partial charge is 0.336 e. The topological polar surface area (TPSA) is 46.5 Å². The number of esters is 1. The van der Waals surface area contributed by atoms with Crippen molar-refractivity contribution in [2.75, 3.05) is 6.61 Å². The van der Waals surface area contributed by atoms with Gasteiger partial charge in [0.15, 0.2) is 0 Å². The van der Waals surface area contributed by atoms with Crippen molar-refractivity contribution >= 4 is 5.97 Å². The van der Waals surface area contributed by atoms with E-state index in [2.05, 4.69) is 0 Å². The van der Waals surface area contributed by atoms with E-state index in [-0.39, 0.29) is 25.0 Å². The molecule has 1 aromatic carbocycles. The van der Waals surface area contributed by atoms with Crippen LogP contribution in [0.5, 0.6) is 0 Å². The predicted molar refractivity (Wildman–Crippen MR) is 80.3 cm³/mol. The lowest BCUT2D eigenvalue weighted by molar-refractivity contribution is -0.139. The summed E-state index contributed by atoms with van der Waals surface area (Å²) in [5.74, 6) is -1.50. The minimum absolute atomic E-state index is 0.0763. The van der Waals surface area contributed by atoms with Crippen LogP contribution in [0.2, 0.25) is 0 Å². The molecule has 0 aromatic heterocycles. The highest BCUT2D eigenvalue weighted by Crippen LogP contribution is 2.36. The van der Waals surface area contributed by atoms with Gasteiger partial charge in [-0.25, -0.2) is 9.18 Å². The molecule has 0 aliphatic heterocycles. The van der Waals surface area contributed by atoms with Crippen LogP contribution in [0.3, 0.4) is 0 Å². The minimum Gasteiger partial charge on any atom is -0.463 e. The lowest BCUT2D eigenvalue weighted by atomic mass is 9.87. The van der Waals surface area contributed by atoms with Crippen LogP contribution in [0, 0.1) is 0 Å². The zero-order valence-electron chi connectivity index (χ0n) is 12.9. The Morgan fingerprint density at radius 3 is 2.33 bits per heavy atom. The predicted octanol–water partition coefficient (Wildman–Crippen LogP) is 3.87. The summed E-state index contributed by atoms with van der Waals surface area (Å²) in [6.45, 7) is 5.37. The number of hydrogen-bond acceptors (Lipinski definition) is 3. The maximum atomic E-state index is 14.9. The Morgan fingerprint density at radius 2 is 1.86 bits per heavy atom. The number of carbonyl (C=O) groups excluding carboxylic acids is 1. The Bertz CT molecular complexity index is 496. The summed E-state index contributed by atoms with van der Waals surface area (Å²) >= 11 is 0. The third-order valence-corrected chi connectivity index (χ3v) is 3.41. The second-order valence-electron chi connectivity index (χ2n) is 4.84. The summed E-state index contributed by atoms with van der Waals surface area (Å²) in [5, 5.41) is 10.7. The molecule has 0 bridgehead atoms. The van der Waals surface area contributed by atoms with Crippen LogP contribution in [0.25, 0.3) is 0 Å². The molecule has 0 heterocycles. The van der Waals surface area contributed by atoms with Gasteiger partial charge in [-0.1, -0.05) is 50.6 Å². The highest BCUT2D eigenvalue weighted by molar-refractivity contribution is 5.89. The Morgan fingerprint density at radius 1 is 1.24 bits per heavy atom. The Hall–Kier alpha value is -1.68. The number of ether oxygens (including phenoxy) is 1. The molecule has 0 aliphatic rings. The maximum absolute atomic E-state index is 14.9. The van der Waals surface area contributed by atoms with E-state index in [0.717, 1.165) is 0 Å². The number of rotatable bonds is 7. The van der Waals surface area contributed by atoms with Gasteiger partial charge < -0.3 is 9.84 Å². The summed E-state index contributed by atoms with van der Waals surface area (Å²) in [6, 6.07) is 8.55. The van der Waals surface area contributed by atoms with Crippen molar-refractivity contribution in [1.82, 2.24) is 0 Å². The second kappa shape index (κ2) is 7.93. The molecular formula is C17H23FO3. The molecule has 0 amide bonds. The van der Waals surface area contributed by atoms with Gasteiger partial charge in [0.25, 0.3) is 0 Å². The zero-order valence-corrected chi connectivity index (χ0v) is 12.9. The monoisotopic (exact) mass is 294 g/mol. The van der Waals surface area contributed by atoms with Gasteiger partial charge in [0.1, 0.15) is 11.4 Å². The molecule has 116 valence electrons. The van der Waals surface area contributed by atoms with Gasteiger partial charge in [-0.15, -0.1) is 0 Å².